The van der Waals surface area contributed by atoms with Crippen molar-refractivity contribution in [2.45, 2.75) is 57.7 Å². The van der Waals surface area contributed by atoms with Crippen molar-refractivity contribution in [1.82, 2.24) is 4.90 Å². The summed E-state index contributed by atoms with van der Waals surface area (Å²) in [5, 5.41) is 11.0. The first-order chi connectivity index (χ1) is 17.0. The van der Waals surface area contributed by atoms with Crippen LogP contribution >= 0.6 is 0 Å². The standard InChI is InChI=1S/C30H35NO4/c1-3-4-5-8-20-35-28-13-7-6-10-26(28)22-31(30(33)18-19-30)29(32)24-16-14-23(15-17-24)25-11-9-12-27(21-25)34-2/h6-7,9-17,21,33H,3-5,8,18-20,22H2,1-2H3. The van der Waals surface area contributed by atoms with Crippen LogP contribution in [-0.2, 0) is 6.54 Å². The Morgan fingerprint density at radius 1 is 0.943 bits per heavy atom. The number of unbranched alkanes of at least 4 members (excludes halogenated alkanes) is 3. The van der Waals surface area contributed by atoms with E-state index in [9.17, 15) is 9.90 Å². The molecule has 1 fully saturated rings. The van der Waals surface area contributed by atoms with Gasteiger partial charge < -0.3 is 19.5 Å². The molecule has 3 aromatic rings. The normalized spacial score (nSPS) is 13.8. The Kier molecular flexibility index (Phi) is 8.09. The van der Waals surface area contributed by atoms with Gasteiger partial charge >= 0.3 is 0 Å². The van der Waals surface area contributed by atoms with Crippen LogP contribution < -0.4 is 9.47 Å². The molecular formula is C30H35NO4. The second-order valence-corrected chi connectivity index (χ2v) is 9.20. The van der Waals surface area contributed by atoms with Crippen LogP contribution in [0.25, 0.3) is 11.1 Å². The minimum absolute atomic E-state index is 0.181. The molecule has 5 nitrogen and oxygen atoms in total. The van der Waals surface area contributed by atoms with Crippen molar-refractivity contribution in [2.75, 3.05) is 13.7 Å². The second kappa shape index (κ2) is 11.4. The van der Waals surface area contributed by atoms with Gasteiger partial charge in [0.2, 0.25) is 0 Å². The van der Waals surface area contributed by atoms with Crippen LogP contribution in [0.1, 0.15) is 61.4 Å². The number of hydrogen-bond donors (Lipinski definition) is 1. The molecule has 35 heavy (non-hydrogen) atoms. The number of rotatable bonds is 12. The number of hydrogen-bond acceptors (Lipinski definition) is 4. The number of aliphatic hydroxyl groups is 1. The van der Waals surface area contributed by atoms with Gasteiger partial charge in [-0.1, -0.05) is 68.7 Å². The van der Waals surface area contributed by atoms with Crippen molar-refractivity contribution >= 4 is 5.91 Å². The average molecular weight is 474 g/mol. The number of para-hydroxylation sites is 1. The average Bonchev–Trinajstić information content (AvgIpc) is 3.65. The van der Waals surface area contributed by atoms with Crippen LogP contribution in [0.3, 0.4) is 0 Å². The van der Waals surface area contributed by atoms with E-state index in [1.165, 1.54) is 12.8 Å². The molecule has 0 unspecified atom stereocenters. The third-order valence-electron chi connectivity index (χ3n) is 6.54. The highest BCUT2D eigenvalue weighted by Gasteiger charge is 2.49. The summed E-state index contributed by atoms with van der Waals surface area (Å²) in [6.45, 7) is 3.15. The molecule has 0 heterocycles. The Hall–Kier alpha value is -3.31. The summed E-state index contributed by atoms with van der Waals surface area (Å²) in [6, 6.07) is 23.2. The quantitative estimate of drug-likeness (QED) is 0.243. The van der Waals surface area contributed by atoms with E-state index in [0.29, 0.717) is 31.6 Å². The maximum absolute atomic E-state index is 13.5. The van der Waals surface area contributed by atoms with Gasteiger partial charge in [0.25, 0.3) is 5.91 Å². The molecule has 4 rings (SSSR count). The molecule has 0 aliphatic heterocycles. The molecule has 184 valence electrons. The fourth-order valence-corrected chi connectivity index (χ4v) is 4.21. The molecule has 1 aliphatic carbocycles. The maximum atomic E-state index is 13.5. The fraction of sp³-hybridized carbons (Fsp3) is 0.367. The lowest BCUT2D eigenvalue weighted by Crippen LogP contribution is -2.41. The smallest absolute Gasteiger partial charge is 0.256 e. The first-order valence-corrected chi connectivity index (χ1v) is 12.5. The predicted molar refractivity (Wildman–Crippen MR) is 139 cm³/mol. The number of benzene rings is 3. The molecule has 1 saturated carbocycles. The Labute approximate surface area is 208 Å². The van der Waals surface area contributed by atoms with E-state index < -0.39 is 5.72 Å². The molecule has 0 aromatic heterocycles. The minimum Gasteiger partial charge on any atom is -0.497 e. The van der Waals surface area contributed by atoms with Crippen LogP contribution in [0.15, 0.2) is 72.8 Å². The Morgan fingerprint density at radius 3 is 2.43 bits per heavy atom. The number of nitrogens with zero attached hydrogens (tertiary/aromatic N) is 1. The molecule has 1 N–H and O–H groups in total. The lowest BCUT2D eigenvalue weighted by atomic mass is 10.0. The fourth-order valence-electron chi connectivity index (χ4n) is 4.21. The number of ether oxygens (including phenoxy) is 2. The van der Waals surface area contributed by atoms with Gasteiger partial charge in [-0.25, -0.2) is 0 Å². The zero-order valence-electron chi connectivity index (χ0n) is 20.7. The summed E-state index contributed by atoms with van der Waals surface area (Å²) in [6.07, 6.45) is 5.72. The zero-order chi connectivity index (χ0) is 24.7. The van der Waals surface area contributed by atoms with Crippen molar-refractivity contribution in [3.63, 3.8) is 0 Å². The molecule has 1 amide bonds. The summed E-state index contributed by atoms with van der Waals surface area (Å²) in [7, 11) is 1.65. The predicted octanol–water partition coefficient (Wildman–Crippen LogP) is 6.45. The van der Waals surface area contributed by atoms with Crippen molar-refractivity contribution in [1.29, 1.82) is 0 Å². The number of methoxy groups -OCH3 is 1. The largest absolute Gasteiger partial charge is 0.497 e. The second-order valence-electron chi connectivity index (χ2n) is 9.20. The first-order valence-electron chi connectivity index (χ1n) is 12.5. The Balaban J connectivity index is 1.50. The molecule has 1 aliphatic rings. The van der Waals surface area contributed by atoms with Gasteiger partial charge in [0.1, 0.15) is 17.2 Å². The van der Waals surface area contributed by atoms with Crippen LogP contribution in [-0.4, -0.2) is 35.4 Å². The van der Waals surface area contributed by atoms with Gasteiger partial charge in [0, 0.05) is 11.1 Å². The molecule has 0 spiro atoms. The van der Waals surface area contributed by atoms with Crippen molar-refractivity contribution in [3.8, 4) is 22.6 Å². The summed E-state index contributed by atoms with van der Waals surface area (Å²) >= 11 is 0. The van der Waals surface area contributed by atoms with E-state index in [0.717, 1.165) is 41.0 Å². The van der Waals surface area contributed by atoms with Crippen LogP contribution in [0.2, 0.25) is 0 Å². The van der Waals surface area contributed by atoms with Crippen molar-refractivity contribution in [2.24, 2.45) is 0 Å². The van der Waals surface area contributed by atoms with E-state index in [2.05, 4.69) is 6.92 Å². The van der Waals surface area contributed by atoms with E-state index in [1.807, 2.05) is 72.8 Å². The highest BCUT2D eigenvalue weighted by atomic mass is 16.5. The lowest BCUT2D eigenvalue weighted by molar-refractivity contribution is -0.0150. The molecular weight excluding hydrogens is 438 g/mol. The van der Waals surface area contributed by atoms with E-state index in [4.69, 9.17) is 9.47 Å². The SMILES string of the molecule is CCCCCCOc1ccccc1CN(C(=O)c1ccc(-c2cccc(OC)c2)cc1)C1(O)CC1. The van der Waals surface area contributed by atoms with E-state index in [-0.39, 0.29) is 5.91 Å². The molecule has 3 aromatic carbocycles. The third kappa shape index (κ3) is 6.23. The lowest BCUT2D eigenvalue weighted by Gasteiger charge is -2.29. The summed E-state index contributed by atoms with van der Waals surface area (Å²) in [5.74, 6) is 1.38. The van der Waals surface area contributed by atoms with Gasteiger partial charge in [0.15, 0.2) is 0 Å². The van der Waals surface area contributed by atoms with E-state index in [1.54, 1.807) is 12.0 Å². The highest BCUT2D eigenvalue weighted by molar-refractivity contribution is 5.95. The zero-order valence-corrected chi connectivity index (χ0v) is 20.7. The topological polar surface area (TPSA) is 59.0 Å². The summed E-state index contributed by atoms with van der Waals surface area (Å²) in [5.41, 5.74) is 2.38. The van der Waals surface area contributed by atoms with Gasteiger partial charge in [0.05, 0.1) is 20.3 Å². The minimum atomic E-state index is -1.10. The molecule has 0 bridgehead atoms. The van der Waals surface area contributed by atoms with Crippen LogP contribution in [0.5, 0.6) is 11.5 Å². The van der Waals surface area contributed by atoms with Crippen LogP contribution in [0, 0.1) is 0 Å². The molecule has 5 heteroatoms. The van der Waals surface area contributed by atoms with Gasteiger partial charge in [-0.15, -0.1) is 0 Å². The Morgan fingerprint density at radius 2 is 1.71 bits per heavy atom. The van der Waals surface area contributed by atoms with Gasteiger partial charge in [-0.3, -0.25) is 4.79 Å². The van der Waals surface area contributed by atoms with Gasteiger partial charge in [-0.05, 0) is 60.7 Å². The number of carbonyl (C=O) groups is 1. The highest BCUT2D eigenvalue weighted by Crippen LogP contribution is 2.41. The first kappa shape index (κ1) is 24.8. The van der Waals surface area contributed by atoms with Crippen molar-refractivity contribution < 1.29 is 19.4 Å². The van der Waals surface area contributed by atoms with Gasteiger partial charge in [-0.2, -0.15) is 0 Å². The van der Waals surface area contributed by atoms with E-state index >= 15 is 0 Å². The molecule has 0 saturated heterocycles. The number of carbonyl (C=O) groups excluding carboxylic acids is 1. The monoisotopic (exact) mass is 473 g/mol. The molecule has 0 atom stereocenters. The van der Waals surface area contributed by atoms with Crippen LogP contribution in [0.4, 0.5) is 0 Å². The number of amides is 1. The third-order valence-corrected chi connectivity index (χ3v) is 6.54. The Bertz CT molecular complexity index is 1120. The maximum Gasteiger partial charge on any atom is 0.256 e. The molecule has 0 radical (unpaired) electrons. The summed E-state index contributed by atoms with van der Waals surface area (Å²) in [4.78, 5) is 15.1. The van der Waals surface area contributed by atoms with Crippen molar-refractivity contribution in [3.05, 3.63) is 83.9 Å². The summed E-state index contributed by atoms with van der Waals surface area (Å²) < 4.78 is 11.4.